The Morgan fingerprint density at radius 2 is 2.03 bits per heavy atom. The highest BCUT2D eigenvalue weighted by Crippen LogP contribution is 2.39. The lowest BCUT2D eigenvalue weighted by Gasteiger charge is -2.24. The zero-order valence-electron chi connectivity index (χ0n) is 16.3. The van der Waals surface area contributed by atoms with Gasteiger partial charge in [0, 0.05) is 45.8 Å². The Hall–Kier alpha value is -2.57. The first kappa shape index (κ1) is 19.4. The summed E-state index contributed by atoms with van der Waals surface area (Å²) in [5.41, 5.74) is 3.67. The van der Waals surface area contributed by atoms with E-state index in [-0.39, 0.29) is 5.25 Å². The fraction of sp³-hybridized carbons (Fsp3) is 0.381. The number of hydrogen-bond donors (Lipinski definition) is 0. The van der Waals surface area contributed by atoms with Gasteiger partial charge in [0.2, 0.25) is 0 Å². The molecule has 9 heteroatoms. The van der Waals surface area contributed by atoms with Gasteiger partial charge in [-0.2, -0.15) is 10.4 Å². The molecule has 0 saturated heterocycles. The van der Waals surface area contributed by atoms with Gasteiger partial charge in [-0.3, -0.25) is 8.89 Å². The molecule has 2 aliphatic carbocycles. The van der Waals surface area contributed by atoms with Gasteiger partial charge < -0.3 is 0 Å². The molecule has 0 aliphatic heterocycles. The average Bonchev–Trinajstić information content (AvgIpc) is 3.47. The monoisotopic (exact) mass is 436 g/mol. The summed E-state index contributed by atoms with van der Waals surface area (Å²) in [6.45, 7) is 0. The summed E-state index contributed by atoms with van der Waals surface area (Å²) in [4.78, 5) is 13.1. The van der Waals surface area contributed by atoms with Crippen LogP contribution in [0.5, 0.6) is 0 Å². The van der Waals surface area contributed by atoms with Crippen LogP contribution in [0, 0.1) is 11.3 Å². The van der Waals surface area contributed by atoms with Crippen molar-refractivity contribution in [3.63, 3.8) is 0 Å². The van der Waals surface area contributed by atoms with Crippen molar-refractivity contribution in [2.24, 2.45) is 0 Å². The van der Waals surface area contributed by atoms with Gasteiger partial charge in [0.25, 0.3) is 0 Å². The maximum Gasteiger partial charge on any atom is 0.116 e. The van der Waals surface area contributed by atoms with Crippen molar-refractivity contribution in [2.75, 3.05) is 5.08 Å². The topological polar surface area (TPSA) is 97.3 Å². The smallest absolute Gasteiger partial charge is 0.116 e. The van der Waals surface area contributed by atoms with E-state index in [1.165, 1.54) is 18.1 Å². The van der Waals surface area contributed by atoms with Gasteiger partial charge in [0.05, 0.1) is 28.1 Å². The minimum Gasteiger partial charge on any atom is -0.260 e. The van der Waals surface area contributed by atoms with Gasteiger partial charge in [-0.15, -0.1) is 0 Å². The molecule has 3 heterocycles. The van der Waals surface area contributed by atoms with Crippen LogP contribution in [0.2, 0.25) is 0 Å². The first-order valence-electron chi connectivity index (χ1n) is 9.99. The van der Waals surface area contributed by atoms with Crippen LogP contribution in [-0.2, 0) is 10.8 Å². The first-order valence-corrected chi connectivity index (χ1v) is 12.4. The largest absolute Gasteiger partial charge is 0.260 e. The standard InChI is InChI=1S/C21H20N6OS2/c22-9-18-17(14-10-23-12-24-11-14)8-19(20-6-7-25-27(20)15-4-5-15)26-21(18)29-13-30(28)16-2-1-3-16/h6-8,10-12,15-16H,1-5,13H2. The van der Waals surface area contributed by atoms with Crippen molar-refractivity contribution in [2.45, 2.75) is 48.4 Å². The second kappa shape index (κ2) is 8.28. The number of thioether (sulfide) groups is 1. The molecule has 0 radical (unpaired) electrons. The summed E-state index contributed by atoms with van der Waals surface area (Å²) in [5, 5.41) is 15.7. The van der Waals surface area contributed by atoms with Crippen molar-refractivity contribution in [1.82, 2.24) is 24.7 Å². The highest BCUT2D eigenvalue weighted by atomic mass is 32.2. The van der Waals surface area contributed by atoms with E-state index in [1.807, 2.05) is 16.8 Å². The second-order valence-corrected chi connectivity index (χ2v) is 10.6. The summed E-state index contributed by atoms with van der Waals surface area (Å²) < 4.78 is 14.6. The summed E-state index contributed by atoms with van der Waals surface area (Å²) in [7, 11) is -0.914. The van der Waals surface area contributed by atoms with E-state index in [2.05, 4.69) is 21.1 Å². The molecular weight excluding hydrogens is 416 g/mol. The lowest BCUT2D eigenvalue weighted by Crippen LogP contribution is -2.24. The maximum atomic E-state index is 12.6. The summed E-state index contributed by atoms with van der Waals surface area (Å²) in [6, 6.07) is 6.59. The second-order valence-electron chi connectivity index (χ2n) is 7.56. The summed E-state index contributed by atoms with van der Waals surface area (Å²) >= 11 is 1.40. The summed E-state index contributed by atoms with van der Waals surface area (Å²) in [6.07, 6.45) is 12.1. The molecule has 3 aromatic heterocycles. The van der Waals surface area contributed by atoms with E-state index in [9.17, 15) is 9.47 Å². The lowest BCUT2D eigenvalue weighted by molar-refractivity contribution is 0.506. The number of hydrogen-bond acceptors (Lipinski definition) is 7. The normalized spacial score (nSPS) is 17.3. The number of nitriles is 1. The predicted octanol–water partition coefficient (Wildman–Crippen LogP) is 3.96. The molecule has 152 valence electrons. The number of nitrogens with zero attached hydrogens (tertiary/aromatic N) is 6. The molecule has 2 fully saturated rings. The molecule has 1 unspecified atom stereocenters. The van der Waals surface area contributed by atoms with Gasteiger partial charge in [-0.25, -0.2) is 15.0 Å². The van der Waals surface area contributed by atoms with Crippen molar-refractivity contribution >= 4 is 22.6 Å². The van der Waals surface area contributed by atoms with E-state index in [0.29, 0.717) is 21.7 Å². The summed E-state index contributed by atoms with van der Waals surface area (Å²) in [5.74, 6) is 0. The molecule has 7 nitrogen and oxygen atoms in total. The molecule has 0 spiro atoms. The van der Waals surface area contributed by atoms with E-state index in [0.717, 1.165) is 54.6 Å². The SMILES string of the molecule is N#Cc1c(-c2cncnc2)cc(-c2ccnn2C2CC2)nc1SCS(=O)C1CCC1. The lowest BCUT2D eigenvalue weighted by atomic mass is 10.0. The molecule has 5 rings (SSSR count). The third kappa shape index (κ3) is 3.77. The molecule has 3 aromatic rings. The van der Waals surface area contributed by atoms with Gasteiger partial charge in [0.15, 0.2) is 0 Å². The van der Waals surface area contributed by atoms with Crippen molar-refractivity contribution in [1.29, 1.82) is 5.26 Å². The molecular formula is C21H20N6OS2. The fourth-order valence-electron chi connectivity index (χ4n) is 3.50. The Labute approximate surface area is 181 Å². The van der Waals surface area contributed by atoms with E-state index < -0.39 is 10.8 Å². The Morgan fingerprint density at radius 3 is 2.70 bits per heavy atom. The molecule has 0 N–H and O–H groups in total. The van der Waals surface area contributed by atoms with Crippen LogP contribution in [0.15, 0.2) is 42.1 Å². The minimum absolute atomic E-state index is 0.282. The number of pyridine rings is 1. The molecule has 2 aliphatic rings. The Bertz CT molecular complexity index is 1130. The zero-order valence-corrected chi connectivity index (χ0v) is 17.9. The fourth-order valence-corrected chi connectivity index (χ4v) is 6.51. The maximum absolute atomic E-state index is 12.6. The molecule has 0 amide bonds. The van der Waals surface area contributed by atoms with E-state index in [4.69, 9.17) is 4.98 Å². The quantitative estimate of drug-likeness (QED) is 0.517. The minimum atomic E-state index is -0.914. The Kier molecular flexibility index (Phi) is 5.35. The van der Waals surface area contributed by atoms with Crippen LogP contribution in [0.4, 0.5) is 0 Å². The Morgan fingerprint density at radius 1 is 1.23 bits per heavy atom. The van der Waals surface area contributed by atoms with Gasteiger partial charge in [-0.05, 0) is 37.8 Å². The van der Waals surface area contributed by atoms with Crippen LogP contribution in [-0.4, -0.2) is 39.3 Å². The Balaban J connectivity index is 1.57. The molecule has 0 bridgehead atoms. The zero-order chi connectivity index (χ0) is 20.5. The van der Waals surface area contributed by atoms with E-state index >= 15 is 0 Å². The third-order valence-corrected chi connectivity index (χ3v) is 8.72. The molecule has 2 saturated carbocycles. The molecule has 30 heavy (non-hydrogen) atoms. The van der Waals surface area contributed by atoms with Crippen LogP contribution >= 0.6 is 11.8 Å². The third-order valence-electron chi connectivity index (χ3n) is 5.53. The first-order chi connectivity index (χ1) is 14.7. The number of rotatable bonds is 7. The predicted molar refractivity (Wildman–Crippen MR) is 116 cm³/mol. The van der Waals surface area contributed by atoms with Gasteiger partial charge in [0.1, 0.15) is 17.4 Å². The number of aromatic nitrogens is 5. The van der Waals surface area contributed by atoms with Crippen LogP contribution in [0.25, 0.3) is 22.5 Å². The van der Waals surface area contributed by atoms with Crippen molar-refractivity contribution in [3.05, 3.63) is 42.6 Å². The highest BCUT2D eigenvalue weighted by Gasteiger charge is 2.28. The van der Waals surface area contributed by atoms with Crippen molar-refractivity contribution in [3.8, 4) is 28.6 Å². The highest BCUT2D eigenvalue weighted by molar-refractivity contribution is 8.10. The van der Waals surface area contributed by atoms with Crippen molar-refractivity contribution < 1.29 is 4.21 Å². The average molecular weight is 437 g/mol. The van der Waals surface area contributed by atoms with E-state index in [1.54, 1.807) is 18.6 Å². The molecule has 1 atom stereocenters. The van der Waals surface area contributed by atoms with Crippen LogP contribution in [0.3, 0.4) is 0 Å². The van der Waals surface area contributed by atoms with Gasteiger partial charge >= 0.3 is 0 Å². The van der Waals surface area contributed by atoms with Gasteiger partial charge in [-0.1, -0.05) is 18.2 Å². The van der Waals surface area contributed by atoms with Crippen LogP contribution in [0.1, 0.15) is 43.7 Å². The van der Waals surface area contributed by atoms with Crippen LogP contribution < -0.4 is 0 Å². The molecule has 0 aromatic carbocycles.